The molecule has 118 valence electrons. The second kappa shape index (κ2) is 6.15. The van der Waals surface area contributed by atoms with E-state index in [1.807, 2.05) is 6.07 Å². The minimum Gasteiger partial charge on any atom is -0.354 e. The number of hydrogen-bond acceptors (Lipinski definition) is 6. The van der Waals surface area contributed by atoms with Gasteiger partial charge in [0.05, 0.1) is 0 Å². The van der Waals surface area contributed by atoms with Crippen molar-refractivity contribution >= 4 is 11.6 Å². The van der Waals surface area contributed by atoms with Crippen LogP contribution >= 0.6 is 0 Å². The van der Waals surface area contributed by atoms with Gasteiger partial charge >= 0.3 is 0 Å². The maximum absolute atomic E-state index is 5.57. The summed E-state index contributed by atoms with van der Waals surface area (Å²) in [6.07, 6.45) is 1.15. The Hall–Kier alpha value is -1.40. The summed E-state index contributed by atoms with van der Waals surface area (Å²) in [5, 5.41) is 0. The van der Waals surface area contributed by atoms with E-state index < -0.39 is 0 Å². The number of aromatic nitrogens is 2. The Morgan fingerprint density at radius 2 is 2.05 bits per heavy atom. The molecule has 1 aliphatic heterocycles. The molecule has 1 aromatic heterocycles. The second-order valence-corrected chi connectivity index (χ2v) is 6.82. The zero-order valence-electron chi connectivity index (χ0n) is 13.8. The van der Waals surface area contributed by atoms with Crippen LogP contribution in [-0.2, 0) is 5.41 Å². The average Bonchev–Trinajstić information content (AvgIpc) is 2.46. The molecule has 1 aromatic rings. The standard InChI is InChI=1S/C15H28N6/c1-6-11-10-21(8-7-20(11)5)13-9-12(19-16)17-14(18-13)15(2,3)4/h9,11H,6-8,10,16H2,1-5H3,(H,17,18,19). The Bertz CT molecular complexity index is 482. The molecule has 1 saturated heterocycles. The largest absolute Gasteiger partial charge is 0.354 e. The molecule has 6 heteroatoms. The normalized spacial score (nSPS) is 20.7. The monoisotopic (exact) mass is 292 g/mol. The zero-order valence-corrected chi connectivity index (χ0v) is 13.8. The SMILES string of the molecule is CCC1CN(c2cc(NN)nc(C(C)(C)C)n2)CCN1C. The number of piperazine rings is 1. The average molecular weight is 292 g/mol. The molecule has 1 unspecified atom stereocenters. The number of hydrazine groups is 1. The molecular weight excluding hydrogens is 264 g/mol. The van der Waals surface area contributed by atoms with Crippen LogP contribution in [0.2, 0.25) is 0 Å². The van der Waals surface area contributed by atoms with Gasteiger partial charge in [-0.15, -0.1) is 0 Å². The minimum atomic E-state index is -0.0989. The van der Waals surface area contributed by atoms with E-state index in [0.717, 1.165) is 37.7 Å². The number of rotatable bonds is 3. The lowest BCUT2D eigenvalue weighted by Gasteiger charge is -2.40. The summed E-state index contributed by atoms with van der Waals surface area (Å²) in [5.74, 6) is 8.03. The number of hydrogen-bond donors (Lipinski definition) is 2. The Kier molecular flexibility index (Phi) is 4.68. The van der Waals surface area contributed by atoms with Crippen molar-refractivity contribution in [1.82, 2.24) is 14.9 Å². The number of nitrogens with zero attached hydrogens (tertiary/aromatic N) is 4. The topological polar surface area (TPSA) is 70.3 Å². The van der Waals surface area contributed by atoms with Crippen LogP contribution in [0.4, 0.5) is 11.6 Å². The van der Waals surface area contributed by atoms with E-state index in [0.29, 0.717) is 11.9 Å². The summed E-state index contributed by atoms with van der Waals surface area (Å²) in [6.45, 7) is 11.6. The number of likely N-dealkylation sites (N-methyl/N-ethyl adjacent to an activating group) is 1. The number of anilines is 2. The molecule has 21 heavy (non-hydrogen) atoms. The summed E-state index contributed by atoms with van der Waals surface area (Å²) < 4.78 is 0. The Morgan fingerprint density at radius 3 is 2.62 bits per heavy atom. The first-order valence-corrected chi connectivity index (χ1v) is 7.66. The van der Waals surface area contributed by atoms with Crippen molar-refractivity contribution in [2.24, 2.45) is 5.84 Å². The van der Waals surface area contributed by atoms with Crippen LogP contribution in [0.25, 0.3) is 0 Å². The summed E-state index contributed by atoms with van der Waals surface area (Å²) in [7, 11) is 2.19. The molecule has 0 aromatic carbocycles. The van der Waals surface area contributed by atoms with Gasteiger partial charge in [-0.25, -0.2) is 15.8 Å². The zero-order chi connectivity index (χ0) is 15.6. The Morgan fingerprint density at radius 1 is 1.33 bits per heavy atom. The highest BCUT2D eigenvalue weighted by Crippen LogP contribution is 2.25. The van der Waals surface area contributed by atoms with Crippen molar-refractivity contribution in [2.75, 3.05) is 37.0 Å². The Labute approximate surface area is 127 Å². The molecule has 1 aliphatic rings. The minimum absolute atomic E-state index is 0.0989. The molecule has 6 nitrogen and oxygen atoms in total. The predicted octanol–water partition coefficient (Wildman–Crippen LogP) is 1.59. The molecule has 0 amide bonds. The highest BCUT2D eigenvalue weighted by atomic mass is 15.3. The summed E-state index contributed by atoms with van der Waals surface area (Å²) in [5.41, 5.74) is 2.57. The third-order valence-corrected chi connectivity index (χ3v) is 4.10. The molecule has 0 radical (unpaired) electrons. The lowest BCUT2D eigenvalue weighted by molar-refractivity contribution is 0.213. The van der Waals surface area contributed by atoms with Gasteiger partial charge in [-0.1, -0.05) is 27.7 Å². The molecule has 0 spiro atoms. The van der Waals surface area contributed by atoms with E-state index >= 15 is 0 Å². The van der Waals surface area contributed by atoms with Crippen LogP contribution in [0.15, 0.2) is 6.07 Å². The van der Waals surface area contributed by atoms with Gasteiger partial charge < -0.3 is 10.3 Å². The van der Waals surface area contributed by atoms with Crippen molar-refractivity contribution in [2.45, 2.75) is 45.6 Å². The predicted molar refractivity (Wildman–Crippen MR) is 87.5 cm³/mol. The van der Waals surface area contributed by atoms with E-state index in [9.17, 15) is 0 Å². The van der Waals surface area contributed by atoms with Gasteiger partial charge in [0.1, 0.15) is 17.5 Å². The fourth-order valence-corrected chi connectivity index (χ4v) is 2.60. The van der Waals surface area contributed by atoms with E-state index in [1.54, 1.807) is 0 Å². The van der Waals surface area contributed by atoms with Crippen LogP contribution < -0.4 is 16.2 Å². The molecule has 0 bridgehead atoms. The molecular formula is C15H28N6. The molecule has 1 fully saturated rings. The summed E-state index contributed by atoms with van der Waals surface area (Å²) in [4.78, 5) is 14.0. The van der Waals surface area contributed by atoms with Gasteiger partial charge in [-0.3, -0.25) is 4.90 Å². The van der Waals surface area contributed by atoms with Crippen LogP contribution in [0.3, 0.4) is 0 Å². The van der Waals surface area contributed by atoms with Crippen molar-refractivity contribution in [3.8, 4) is 0 Å². The van der Waals surface area contributed by atoms with E-state index in [-0.39, 0.29) is 5.41 Å². The van der Waals surface area contributed by atoms with Gasteiger partial charge in [-0.05, 0) is 13.5 Å². The molecule has 2 heterocycles. The molecule has 0 saturated carbocycles. The first-order chi connectivity index (χ1) is 9.85. The van der Waals surface area contributed by atoms with Crippen molar-refractivity contribution in [1.29, 1.82) is 0 Å². The maximum Gasteiger partial charge on any atom is 0.145 e. The maximum atomic E-state index is 5.57. The fraction of sp³-hybridized carbons (Fsp3) is 0.733. The number of nitrogens with two attached hydrogens (primary N) is 1. The third kappa shape index (κ3) is 3.63. The van der Waals surface area contributed by atoms with Crippen LogP contribution in [-0.4, -0.2) is 47.6 Å². The van der Waals surface area contributed by atoms with Crippen LogP contribution in [0, 0.1) is 0 Å². The first-order valence-electron chi connectivity index (χ1n) is 7.66. The number of nitrogen functional groups attached to an aromatic ring is 1. The van der Waals surface area contributed by atoms with Crippen LogP contribution in [0.1, 0.15) is 39.9 Å². The van der Waals surface area contributed by atoms with Crippen molar-refractivity contribution in [3.63, 3.8) is 0 Å². The van der Waals surface area contributed by atoms with Crippen LogP contribution in [0.5, 0.6) is 0 Å². The first kappa shape index (κ1) is 16.0. The molecule has 0 aliphatic carbocycles. The highest BCUT2D eigenvalue weighted by Gasteiger charge is 2.26. The lowest BCUT2D eigenvalue weighted by Crippen LogP contribution is -2.51. The lowest BCUT2D eigenvalue weighted by atomic mass is 9.95. The quantitative estimate of drug-likeness (QED) is 0.651. The summed E-state index contributed by atoms with van der Waals surface area (Å²) in [6, 6.07) is 2.51. The van der Waals surface area contributed by atoms with Gasteiger partial charge in [0.25, 0.3) is 0 Å². The van der Waals surface area contributed by atoms with E-state index in [1.165, 1.54) is 0 Å². The molecule has 1 atom stereocenters. The van der Waals surface area contributed by atoms with Gasteiger partial charge in [0.2, 0.25) is 0 Å². The highest BCUT2D eigenvalue weighted by molar-refractivity contribution is 5.50. The molecule has 3 N–H and O–H groups in total. The number of nitrogens with one attached hydrogen (secondary N) is 1. The third-order valence-electron chi connectivity index (χ3n) is 4.10. The Balaban J connectivity index is 2.30. The van der Waals surface area contributed by atoms with Gasteiger partial charge in [-0.2, -0.15) is 0 Å². The fourth-order valence-electron chi connectivity index (χ4n) is 2.60. The van der Waals surface area contributed by atoms with Crippen molar-refractivity contribution in [3.05, 3.63) is 11.9 Å². The molecule has 2 rings (SSSR count). The smallest absolute Gasteiger partial charge is 0.145 e. The van der Waals surface area contributed by atoms with Gasteiger partial charge in [0, 0.05) is 37.2 Å². The summed E-state index contributed by atoms with van der Waals surface area (Å²) >= 11 is 0. The van der Waals surface area contributed by atoms with E-state index in [2.05, 4.69) is 55.0 Å². The van der Waals surface area contributed by atoms with E-state index in [4.69, 9.17) is 10.8 Å². The van der Waals surface area contributed by atoms with Gasteiger partial charge in [0.15, 0.2) is 0 Å². The second-order valence-electron chi connectivity index (χ2n) is 6.82. The van der Waals surface area contributed by atoms with Crippen molar-refractivity contribution < 1.29 is 0 Å².